The minimum atomic E-state index is -1.21. The van der Waals surface area contributed by atoms with Crippen LogP contribution in [0.5, 0.6) is 5.75 Å². The quantitative estimate of drug-likeness (QED) is 0.483. The molecule has 2 amide bonds. The van der Waals surface area contributed by atoms with Crippen LogP contribution in [0.2, 0.25) is 0 Å². The third-order valence-electron chi connectivity index (χ3n) is 6.59. The Bertz CT molecular complexity index is 1380. The van der Waals surface area contributed by atoms with Crippen LogP contribution in [-0.2, 0) is 9.59 Å². The average Bonchev–Trinajstić information content (AvgIpc) is 3.60. The summed E-state index contributed by atoms with van der Waals surface area (Å²) in [4.78, 5) is 57.9. The number of ether oxygens (including phenoxy) is 1. The summed E-state index contributed by atoms with van der Waals surface area (Å²) >= 11 is 0. The zero-order valence-electron chi connectivity index (χ0n) is 20.0. The van der Waals surface area contributed by atoms with Crippen LogP contribution in [0.4, 0.5) is 5.69 Å². The number of methoxy groups -OCH3 is 1. The normalized spacial score (nSPS) is 16.6. The number of hydrogen-bond acceptors (Lipinski definition) is 8. The molecule has 2 aliphatic rings. The molecule has 2 aliphatic heterocycles. The van der Waals surface area contributed by atoms with E-state index in [4.69, 9.17) is 14.3 Å². The van der Waals surface area contributed by atoms with Crippen LogP contribution >= 0.6 is 0 Å². The first-order valence-electron chi connectivity index (χ1n) is 11.7. The molecule has 1 atom stereocenters. The largest absolute Gasteiger partial charge is 0.495 e. The van der Waals surface area contributed by atoms with Gasteiger partial charge in [0.15, 0.2) is 5.76 Å². The minimum absolute atomic E-state index is 0.110. The number of aromatic nitrogens is 1. The second-order valence-electron chi connectivity index (χ2n) is 8.68. The number of nitrogens with zero attached hydrogens (tertiary/aromatic N) is 3. The lowest BCUT2D eigenvalue weighted by Gasteiger charge is -2.34. The van der Waals surface area contributed by atoms with Crippen LogP contribution in [0.1, 0.15) is 32.4 Å². The van der Waals surface area contributed by atoms with Gasteiger partial charge in [-0.3, -0.25) is 14.4 Å². The second kappa shape index (κ2) is 9.76. The summed E-state index contributed by atoms with van der Waals surface area (Å²) in [6.45, 7) is 1.30. The second-order valence-corrected chi connectivity index (χ2v) is 8.68. The van der Waals surface area contributed by atoms with Crippen molar-refractivity contribution in [2.75, 3.05) is 45.2 Å². The molecule has 1 unspecified atom stereocenters. The summed E-state index contributed by atoms with van der Waals surface area (Å²) < 4.78 is 10.8. The highest BCUT2D eigenvalue weighted by atomic mass is 16.5. The molecule has 1 saturated heterocycles. The number of carboxylic acid groups (broad SMARTS) is 1. The highest BCUT2D eigenvalue weighted by Gasteiger charge is 2.40. The molecule has 1 fully saturated rings. The van der Waals surface area contributed by atoms with Crippen LogP contribution in [0.3, 0.4) is 0 Å². The molecule has 0 radical (unpaired) electrons. The Hall–Kier alpha value is -4.67. The number of ketones is 1. The van der Waals surface area contributed by atoms with E-state index in [1.54, 1.807) is 29.2 Å². The maximum atomic E-state index is 13.4. The third-order valence-corrected chi connectivity index (χ3v) is 6.59. The summed E-state index contributed by atoms with van der Waals surface area (Å²) in [5.41, 5.74) is 1.82. The van der Waals surface area contributed by atoms with Gasteiger partial charge in [0.25, 0.3) is 11.8 Å². The van der Waals surface area contributed by atoms with E-state index in [2.05, 4.69) is 10.3 Å². The van der Waals surface area contributed by atoms with Crippen LogP contribution in [0, 0.1) is 0 Å². The highest BCUT2D eigenvalue weighted by Crippen LogP contribution is 2.44. The maximum Gasteiger partial charge on any atom is 0.371 e. The van der Waals surface area contributed by atoms with Gasteiger partial charge < -0.3 is 29.4 Å². The zero-order chi connectivity index (χ0) is 26.1. The number of hydrogen-bond donors (Lipinski definition) is 2. The summed E-state index contributed by atoms with van der Waals surface area (Å²) in [7, 11) is 1.44. The third kappa shape index (κ3) is 4.39. The number of nitrogens with one attached hydrogen (secondary N) is 1. The van der Waals surface area contributed by atoms with Crippen molar-refractivity contribution >= 4 is 29.3 Å². The van der Waals surface area contributed by atoms with Gasteiger partial charge in [-0.25, -0.2) is 9.78 Å². The number of fused-ring (bicyclic) bond motifs is 1. The number of benzene rings is 1. The van der Waals surface area contributed by atoms with Crippen LogP contribution in [0.25, 0.3) is 11.5 Å². The zero-order valence-corrected chi connectivity index (χ0v) is 20.0. The number of Topliss-reactive ketones (excluding diaryl/α,β-unsaturated/α-hetero) is 1. The van der Waals surface area contributed by atoms with E-state index in [1.807, 2.05) is 6.07 Å². The van der Waals surface area contributed by atoms with E-state index in [-0.39, 0.29) is 37.1 Å². The Morgan fingerprint density at radius 2 is 1.73 bits per heavy atom. The van der Waals surface area contributed by atoms with E-state index >= 15 is 0 Å². The molecular formula is C26H24N4O7. The molecule has 190 valence electrons. The Labute approximate surface area is 211 Å². The fourth-order valence-electron chi connectivity index (χ4n) is 4.67. The Morgan fingerprint density at radius 3 is 2.38 bits per heavy atom. The van der Waals surface area contributed by atoms with E-state index in [0.717, 1.165) is 0 Å². The van der Waals surface area contributed by atoms with Gasteiger partial charge >= 0.3 is 5.97 Å². The lowest BCUT2D eigenvalue weighted by molar-refractivity contribution is -0.146. The van der Waals surface area contributed by atoms with Crippen molar-refractivity contribution in [1.29, 1.82) is 0 Å². The van der Waals surface area contributed by atoms with Crippen molar-refractivity contribution < 1.29 is 33.4 Å². The predicted molar refractivity (Wildman–Crippen MR) is 131 cm³/mol. The first-order valence-corrected chi connectivity index (χ1v) is 11.7. The van der Waals surface area contributed by atoms with E-state index < -0.39 is 23.6 Å². The number of piperazine rings is 1. The number of aromatic carboxylic acids is 1. The van der Waals surface area contributed by atoms with Crippen LogP contribution < -0.4 is 10.1 Å². The number of anilines is 1. The minimum Gasteiger partial charge on any atom is -0.495 e. The number of amides is 2. The van der Waals surface area contributed by atoms with Gasteiger partial charge in [0.2, 0.25) is 11.5 Å². The predicted octanol–water partition coefficient (Wildman–Crippen LogP) is 2.11. The average molecular weight is 504 g/mol. The topological polar surface area (TPSA) is 142 Å². The molecular weight excluding hydrogens is 480 g/mol. The molecule has 0 bridgehead atoms. The van der Waals surface area contributed by atoms with Gasteiger partial charge in [0.05, 0.1) is 24.9 Å². The fraction of sp³-hybridized carbons (Fsp3) is 0.269. The molecule has 0 spiro atoms. The lowest BCUT2D eigenvalue weighted by atomic mass is 9.94. The van der Waals surface area contributed by atoms with E-state index in [0.29, 0.717) is 41.3 Å². The van der Waals surface area contributed by atoms with Gasteiger partial charge in [0, 0.05) is 43.9 Å². The molecule has 0 saturated carbocycles. The summed E-state index contributed by atoms with van der Waals surface area (Å²) in [6.07, 6.45) is 1.42. The Kier molecular flexibility index (Phi) is 6.34. The number of rotatable bonds is 6. The molecule has 4 heterocycles. The number of carbonyl (C=O) groups excluding carboxylic acids is 3. The highest BCUT2D eigenvalue weighted by molar-refractivity contribution is 6.38. The monoisotopic (exact) mass is 504 g/mol. The number of pyridine rings is 1. The molecule has 3 aromatic rings. The fourth-order valence-corrected chi connectivity index (χ4v) is 4.67. The maximum absolute atomic E-state index is 13.4. The number of carboxylic acids is 1. The van der Waals surface area contributed by atoms with Crippen molar-refractivity contribution in [2.45, 2.75) is 5.92 Å². The van der Waals surface area contributed by atoms with Crippen molar-refractivity contribution in [1.82, 2.24) is 14.8 Å². The van der Waals surface area contributed by atoms with Gasteiger partial charge in [-0.2, -0.15) is 0 Å². The SMILES string of the molecule is COc1cnc(-c2ccc(C(=O)O)o2)c2c1C(C(=O)C(=O)N1CCN(C(=O)c3ccccc3)CC1)CN2. The van der Waals surface area contributed by atoms with Gasteiger partial charge in [-0.1, -0.05) is 18.2 Å². The molecule has 11 heteroatoms. The van der Waals surface area contributed by atoms with Crippen LogP contribution in [0.15, 0.2) is 53.1 Å². The van der Waals surface area contributed by atoms with Crippen molar-refractivity contribution in [3.05, 3.63) is 65.5 Å². The standard InChI is InChI=1S/C26H24N4O7/c1-36-19-14-28-21(17-7-8-18(37-17)26(34)35)22-20(19)16(13-27-22)23(31)25(33)30-11-9-29(10-12-30)24(32)15-5-3-2-4-6-15/h2-8,14,16,27H,9-13H2,1H3,(H,34,35). The van der Waals surface area contributed by atoms with Gasteiger partial charge in [-0.15, -0.1) is 0 Å². The van der Waals surface area contributed by atoms with Gasteiger partial charge in [0.1, 0.15) is 11.4 Å². The summed E-state index contributed by atoms with van der Waals surface area (Å²) in [6, 6.07) is 11.7. The number of carbonyl (C=O) groups is 4. The molecule has 5 rings (SSSR count). The van der Waals surface area contributed by atoms with Crippen molar-refractivity contribution in [2.24, 2.45) is 0 Å². The Morgan fingerprint density at radius 1 is 1.03 bits per heavy atom. The smallest absolute Gasteiger partial charge is 0.371 e. The van der Waals surface area contributed by atoms with E-state index in [1.165, 1.54) is 30.3 Å². The summed E-state index contributed by atoms with van der Waals surface area (Å²) in [5, 5.41) is 12.3. The Balaban J connectivity index is 1.33. The molecule has 37 heavy (non-hydrogen) atoms. The van der Waals surface area contributed by atoms with Crippen LogP contribution in [-0.4, -0.2) is 83.3 Å². The van der Waals surface area contributed by atoms with Crippen molar-refractivity contribution in [3.8, 4) is 17.2 Å². The molecule has 2 N–H and O–H groups in total. The lowest BCUT2D eigenvalue weighted by Crippen LogP contribution is -2.52. The van der Waals surface area contributed by atoms with Gasteiger partial charge in [-0.05, 0) is 24.3 Å². The number of furan rings is 1. The van der Waals surface area contributed by atoms with Crippen molar-refractivity contribution in [3.63, 3.8) is 0 Å². The molecule has 2 aromatic heterocycles. The molecule has 0 aliphatic carbocycles. The van der Waals surface area contributed by atoms with E-state index in [9.17, 15) is 19.2 Å². The molecule has 1 aromatic carbocycles. The molecule has 11 nitrogen and oxygen atoms in total. The first-order chi connectivity index (χ1) is 17.9. The first kappa shape index (κ1) is 24.0. The summed E-state index contributed by atoms with van der Waals surface area (Å²) in [5.74, 6) is -3.08.